The Labute approximate surface area is 112 Å². The standard InChI is InChI=1S/C11H12BrFN2O3/c1-14-9(11(17)18)10(16)15(2)8-5-6(12)3-4-7(8)13/h3-5,9,14H,1-2H3,(H,17,18). The van der Waals surface area contributed by atoms with Crippen molar-refractivity contribution in [2.75, 3.05) is 19.0 Å². The number of nitrogens with zero attached hydrogens (tertiary/aromatic N) is 1. The summed E-state index contributed by atoms with van der Waals surface area (Å²) in [5.74, 6) is -2.67. The van der Waals surface area contributed by atoms with Crippen LogP contribution >= 0.6 is 15.9 Å². The van der Waals surface area contributed by atoms with Gasteiger partial charge in [-0.05, 0) is 25.2 Å². The largest absolute Gasteiger partial charge is 0.480 e. The first-order valence-electron chi connectivity index (χ1n) is 5.01. The Hall–Kier alpha value is -1.47. The Morgan fingerprint density at radius 2 is 2.11 bits per heavy atom. The molecule has 0 fully saturated rings. The third kappa shape index (κ3) is 3.05. The predicted octanol–water partition coefficient (Wildman–Crippen LogP) is 1.22. The first-order chi connectivity index (χ1) is 8.38. The number of carboxylic acid groups (broad SMARTS) is 1. The van der Waals surface area contributed by atoms with E-state index in [-0.39, 0.29) is 5.69 Å². The average Bonchev–Trinajstić information content (AvgIpc) is 2.31. The van der Waals surface area contributed by atoms with E-state index in [0.717, 1.165) is 4.90 Å². The summed E-state index contributed by atoms with van der Waals surface area (Å²) in [6, 6.07) is 2.68. The highest BCUT2D eigenvalue weighted by molar-refractivity contribution is 9.10. The molecule has 1 aromatic rings. The molecule has 5 nitrogen and oxygen atoms in total. The van der Waals surface area contributed by atoms with Crippen LogP contribution in [0.5, 0.6) is 0 Å². The van der Waals surface area contributed by atoms with E-state index in [4.69, 9.17) is 5.11 Å². The molecule has 0 aliphatic carbocycles. The van der Waals surface area contributed by atoms with E-state index in [1.807, 2.05) is 0 Å². The summed E-state index contributed by atoms with van der Waals surface area (Å²) < 4.78 is 14.2. The second-order valence-electron chi connectivity index (χ2n) is 3.55. The Kier molecular flexibility index (Phi) is 4.80. The molecule has 0 spiro atoms. The summed E-state index contributed by atoms with van der Waals surface area (Å²) in [6.07, 6.45) is 0. The fraction of sp³-hybridized carbons (Fsp3) is 0.273. The van der Waals surface area contributed by atoms with Crippen molar-refractivity contribution in [3.63, 3.8) is 0 Å². The molecule has 18 heavy (non-hydrogen) atoms. The summed E-state index contributed by atoms with van der Waals surface area (Å²) in [7, 11) is 2.67. The zero-order valence-corrected chi connectivity index (χ0v) is 11.4. The molecule has 1 rings (SSSR count). The van der Waals surface area contributed by atoms with Crippen molar-refractivity contribution in [2.45, 2.75) is 6.04 Å². The first kappa shape index (κ1) is 14.6. The van der Waals surface area contributed by atoms with Gasteiger partial charge in [-0.3, -0.25) is 10.1 Å². The highest BCUT2D eigenvalue weighted by Crippen LogP contribution is 2.23. The van der Waals surface area contributed by atoms with Crippen LogP contribution in [0.15, 0.2) is 22.7 Å². The van der Waals surface area contributed by atoms with Crippen molar-refractivity contribution in [1.29, 1.82) is 0 Å². The number of carboxylic acids is 1. The number of rotatable bonds is 4. The Balaban J connectivity index is 3.06. The quantitative estimate of drug-likeness (QED) is 0.819. The van der Waals surface area contributed by atoms with Gasteiger partial charge in [0.25, 0.3) is 5.91 Å². The highest BCUT2D eigenvalue weighted by Gasteiger charge is 2.29. The smallest absolute Gasteiger partial charge is 0.330 e. The van der Waals surface area contributed by atoms with Gasteiger partial charge >= 0.3 is 5.97 Å². The number of anilines is 1. The van der Waals surface area contributed by atoms with E-state index < -0.39 is 23.7 Å². The van der Waals surface area contributed by atoms with Gasteiger partial charge in [0.1, 0.15) is 5.82 Å². The highest BCUT2D eigenvalue weighted by atomic mass is 79.9. The summed E-state index contributed by atoms with van der Waals surface area (Å²) in [5.41, 5.74) is 0.0101. The molecule has 0 radical (unpaired) electrons. The van der Waals surface area contributed by atoms with Crippen molar-refractivity contribution in [1.82, 2.24) is 5.32 Å². The molecular formula is C11H12BrFN2O3. The lowest BCUT2D eigenvalue weighted by Crippen LogP contribution is -2.48. The second kappa shape index (κ2) is 5.92. The number of amides is 1. The Morgan fingerprint density at radius 3 is 2.61 bits per heavy atom. The van der Waals surface area contributed by atoms with Crippen LogP contribution in [0.1, 0.15) is 0 Å². The normalized spacial score (nSPS) is 12.0. The minimum atomic E-state index is -1.41. The molecule has 0 heterocycles. The van der Waals surface area contributed by atoms with Gasteiger partial charge in [-0.15, -0.1) is 0 Å². The molecule has 1 unspecified atom stereocenters. The maximum atomic E-state index is 13.6. The molecule has 0 saturated heterocycles. The molecule has 0 aliphatic rings. The molecule has 0 aromatic heterocycles. The minimum absolute atomic E-state index is 0.0101. The third-order valence-corrected chi connectivity index (χ3v) is 2.88. The zero-order chi connectivity index (χ0) is 13.9. The van der Waals surface area contributed by atoms with Crippen LogP contribution in [-0.4, -0.2) is 37.1 Å². The number of hydrogen-bond donors (Lipinski definition) is 2. The molecule has 1 amide bonds. The fourth-order valence-corrected chi connectivity index (χ4v) is 1.76. The molecule has 1 atom stereocenters. The minimum Gasteiger partial charge on any atom is -0.480 e. The van der Waals surface area contributed by atoms with Gasteiger partial charge in [-0.25, -0.2) is 9.18 Å². The van der Waals surface area contributed by atoms with E-state index in [2.05, 4.69) is 21.2 Å². The summed E-state index contributed by atoms with van der Waals surface area (Å²) in [5, 5.41) is 11.2. The lowest BCUT2D eigenvalue weighted by Gasteiger charge is -2.21. The number of nitrogens with one attached hydrogen (secondary N) is 1. The second-order valence-corrected chi connectivity index (χ2v) is 4.47. The fourth-order valence-electron chi connectivity index (χ4n) is 1.41. The van der Waals surface area contributed by atoms with Crippen molar-refractivity contribution >= 4 is 33.5 Å². The molecule has 0 saturated carbocycles. The first-order valence-corrected chi connectivity index (χ1v) is 5.80. The summed E-state index contributed by atoms with van der Waals surface area (Å²) in [6.45, 7) is 0. The van der Waals surface area contributed by atoms with Crippen LogP contribution in [0.2, 0.25) is 0 Å². The van der Waals surface area contributed by atoms with Crippen LogP contribution in [0.25, 0.3) is 0 Å². The maximum absolute atomic E-state index is 13.6. The summed E-state index contributed by atoms with van der Waals surface area (Å²) >= 11 is 3.16. The van der Waals surface area contributed by atoms with E-state index in [9.17, 15) is 14.0 Å². The van der Waals surface area contributed by atoms with E-state index in [0.29, 0.717) is 4.47 Å². The lowest BCUT2D eigenvalue weighted by molar-refractivity contribution is -0.143. The Morgan fingerprint density at radius 1 is 1.50 bits per heavy atom. The summed E-state index contributed by atoms with van der Waals surface area (Å²) in [4.78, 5) is 23.7. The molecule has 98 valence electrons. The molecule has 0 aliphatic heterocycles. The molecular weight excluding hydrogens is 307 g/mol. The van der Waals surface area contributed by atoms with Crippen molar-refractivity contribution in [3.8, 4) is 0 Å². The van der Waals surface area contributed by atoms with Gasteiger partial charge in [0.2, 0.25) is 0 Å². The van der Waals surface area contributed by atoms with Crippen molar-refractivity contribution in [2.24, 2.45) is 0 Å². The van der Waals surface area contributed by atoms with Crippen LogP contribution < -0.4 is 10.2 Å². The van der Waals surface area contributed by atoms with Crippen LogP contribution in [-0.2, 0) is 9.59 Å². The number of carbonyl (C=O) groups is 2. The number of hydrogen-bond acceptors (Lipinski definition) is 3. The van der Waals surface area contributed by atoms with Crippen LogP contribution in [0.4, 0.5) is 10.1 Å². The van der Waals surface area contributed by atoms with Crippen molar-refractivity contribution in [3.05, 3.63) is 28.5 Å². The van der Waals surface area contributed by atoms with Gasteiger partial charge in [0, 0.05) is 11.5 Å². The van der Waals surface area contributed by atoms with E-state index in [1.54, 1.807) is 0 Å². The van der Waals surface area contributed by atoms with Crippen molar-refractivity contribution < 1.29 is 19.1 Å². The number of carbonyl (C=O) groups excluding carboxylic acids is 1. The number of aliphatic carboxylic acids is 1. The number of halogens is 2. The van der Waals surface area contributed by atoms with Gasteiger partial charge < -0.3 is 10.0 Å². The van der Waals surface area contributed by atoms with E-state index >= 15 is 0 Å². The topological polar surface area (TPSA) is 69.6 Å². The van der Waals surface area contributed by atoms with Gasteiger partial charge in [-0.2, -0.15) is 0 Å². The SMILES string of the molecule is CNC(C(=O)O)C(=O)N(C)c1cc(Br)ccc1F. The van der Waals surface area contributed by atoms with E-state index in [1.165, 1.54) is 32.3 Å². The van der Waals surface area contributed by atoms with Gasteiger partial charge in [0.15, 0.2) is 6.04 Å². The molecule has 2 N–H and O–H groups in total. The monoisotopic (exact) mass is 318 g/mol. The predicted molar refractivity (Wildman–Crippen MR) is 68.0 cm³/mol. The lowest BCUT2D eigenvalue weighted by atomic mass is 10.2. The zero-order valence-electron chi connectivity index (χ0n) is 9.78. The van der Waals surface area contributed by atoms with Crippen LogP contribution in [0.3, 0.4) is 0 Å². The maximum Gasteiger partial charge on any atom is 0.330 e. The van der Waals surface area contributed by atoms with Gasteiger partial charge in [-0.1, -0.05) is 15.9 Å². The molecule has 7 heteroatoms. The number of benzene rings is 1. The Bertz CT molecular complexity index is 481. The average molecular weight is 319 g/mol. The number of likely N-dealkylation sites (N-methyl/N-ethyl adjacent to an activating group) is 2. The third-order valence-electron chi connectivity index (χ3n) is 2.38. The molecule has 0 bridgehead atoms. The van der Waals surface area contributed by atoms with Crippen LogP contribution in [0, 0.1) is 5.82 Å². The van der Waals surface area contributed by atoms with Gasteiger partial charge in [0.05, 0.1) is 5.69 Å². The molecule has 1 aromatic carbocycles.